The van der Waals surface area contributed by atoms with E-state index in [2.05, 4.69) is 20.9 Å². The third-order valence-corrected chi connectivity index (χ3v) is 8.68. The first-order valence-electron chi connectivity index (χ1n) is 8.17. The zero-order valence-electron chi connectivity index (χ0n) is 13.9. The molecule has 1 unspecified atom stereocenters. The maximum absolute atomic E-state index is 12.9. The number of imidazole rings is 1. The second-order valence-electron chi connectivity index (χ2n) is 6.49. The predicted molar refractivity (Wildman–Crippen MR) is 101 cm³/mol. The lowest BCUT2D eigenvalue weighted by Crippen LogP contribution is -2.65. The summed E-state index contributed by atoms with van der Waals surface area (Å²) in [5.74, 6) is -1.84. The van der Waals surface area contributed by atoms with Gasteiger partial charge in [0.05, 0.1) is 0 Å². The Morgan fingerprint density at radius 3 is 2.93 bits per heavy atom. The average Bonchev–Trinajstić information content (AvgIpc) is 3.32. The summed E-state index contributed by atoms with van der Waals surface area (Å²) >= 11 is 6.27. The smallest absolute Gasteiger partial charge is 0.353 e. The number of fused-ring (bicyclic) bond motifs is 4. The van der Waals surface area contributed by atoms with Gasteiger partial charge in [0, 0.05) is 22.9 Å². The van der Waals surface area contributed by atoms with Crippen molar-refractivity contribution in [1.29, 1.82) is 0 Å². The minimum absolute atomic E-state index is 0.0546. The number of carbonyl (C=O) groups excluding carboxylic acids is 2. The number of alkyl halides is 1. The Bertz CT molecular complexity index is 1090. The first-order valence-corrected chi connectivity index (χ1v) is 10.7. The van der Waals surface area contributed by atoms with E-state index in [9.17, 15) is 19.5 Å². The number of aliphatic carboxylic acids is 1. The number of thioether (sulfide) groups is 1. The van der Waals surface area contributed by atoms with Crippen LogP contribution < -0.4 is 4.74 Å². The minimum Gasteiger partial charge on any atom is -0.477 e. The van der Waals surface area contributed by atoms with Crippen LogP contribution in [0.1, 0.15) is 29.6 Å². The van der Waals surface area contributed by atoms with Gasteiger partial charge in [-0.25, -0.2) is 9.78 Å². The zero-order chi connectivity index (χ0) is 19.1. The van der Waals surface area contributed by atoms with E-state index in [1.54, 1.807) is 0 Å². The highest BCUT2D eigenvalue weighted by atomic mass is 79.9. The molecule has 5 rings (SSSR count). The summed E-state index contributed by atoms with van der Waals surface area (Å²) in [5.41, 5.74) is 1.33. The van der Waals surface area contributed by atoms with Crippen LogP contribution in [0.2, 0.25) is 0 Å². The number of carboxylic acid groups (broad SMARTS) is 1. The van der Waals surface area contributed by atoms with E-state index in [4.69, 9.17) is 4.74 Å². The normalized spacial score (nSPS) is 26.0. The van der Waals surface area contributed by atoms with Crippen molar-refractivity contribution in [2.75, 3.05) is 0 Å². The molecular formula is C16H12BrN3O5S2. The van der Waals surface area contributed by atoms with Gasteiger partial charge in [-0.2, -0.15) is 0 Å². The number of carboxylic acids is 1. The zero-order valence-corrected chi connectivity index (χ0v) is 17.1. The number of esters is 1. The summed E-state index contributed by atoms with van der Waals surface area (Å²) < 4.78 is 6.08. The molecule has 1 aliphatic carbocycles. The molecule has 0 bridgehead atoms. The molecule has 0 spiro atoms. The Balaban J connectivity index is 1.66. The summed E-state index contributed by atoms with van der Waals surface area (Å²) in [6.45, 7) is 1.31. The van der Waals surface area contributed by atoms with Gasteiger partial charge in [-0.05, 0) is 19.3 Å². The van der Waals surface area contributed by atoms with Crippen LogP contribution in [0.3, 0.4) is 0 Å². The van der Waals surface area contributed by atoms with Gasteiger partial charge in [0.25, 0.3) is 5.91 Å². The number of nitrogens with zero attached hydrogens (tertiary/aromatic N) is 3. The lowest BCUT2D eigenvalue weighted by atomic mass is 9.93. The first kappa shape index (κ1) is 17.3. The molecule has 1 fully saturated rings. The Hall–Kier alpha value is -1.85. The number of aryl methyl sites for hydroxylation is 2. The molecule has 1 N–H and O–H groups in total. The minimum atomic E-state index is -1.24. The van der Waals surface area contributed by atoms with E-state index >= 15 is 0 Å². The Labute approximate surface area is 169 Å². The van der Waals surface area contributed by atoms with Crippen LogP contribution in [0.15, 0.2) is 11.1 Å². The fourth-order valence-electron chi connectivity index (χ4n) is 3.76. The van der Waals surface area contributed by atoms with E-state index in [0.717, 1.165) is 25.0 Å². The van der Waals surface area contributed by atoms with Crippen molar-refractivity contribution >= 4 is 61.8 Å². The number of rotatable bonds is 3. The summed E-state index contributed by atoms with van der Waals surface area (Å²) in [6, 6.07) is 0. The third-order valence-electron chi connectivity index (χ3n) is 4.91. The van der Waals surface area contributed by atoms with Crippen molar-refractivity contribution in [3.8, 4) is 5.88 Å². The summed E-state index contributed by atoms with van der Waals surface area (Å²) in [6.07, 6.45) is 2.85. The third kappa shape index (κ3) is 2.10. The fourth-order valence-corrected chi connectivity index (χ4v) is 7.14. The molecule has 11 heteroatoms. The molecule has 2 aromatic heterocycles. The number of ether oxygens (including phenoxy) is 1. The van der Waals surface area contributed by atoms with Crippen LogP contribution >= 0.6 is 39.0 Å². The molecule has 0 radical (unpaired) electrons. The quantitative estimate of drug-likeness (QED) is 0.417. The summed E-state index contributed by atoms with van der Waals surface area (Å²) in [7, 11) is 0. The molecule has 0 aromatic carbocycles. The molecule has 1 saturated heterocycles. The van der Waals surface area contributed by atoms with Gasteiger partial charge >= 0.3 is 11.9 Å². The number of carbonyl (C=O) groups is 3. The standard InChI is InChI=1S/C16H12BrN3O5S2/c1-6(21)25-11-10(18-15-19(11)7-3-2-4-9(7)27-15)16(17)13(24)20-8(12(22)23)5-26-14(16)20/h5,14H,2-4H2,1H3,(H,22,23)/t14-,16?/m1/s1. The molecule has 140 valence electrons. The van der Waals surface area contributed by atoms with Gasteiger partial charge in [0.15, 0.2) is 9.29 Å². The number of amides is 1. The van der Waals surface area contributed by atoms with Gasteiger partial charge in [-0.15, -0.1) is 23.1 Å². The van der Waals surface area contributed by atoms with Gasteiger partial charge in [0.1, 0.15) is 16.8 Å². The first-order chi connectivity index (χ1) is 12.8. The number of thiazole rings is 1. The van der Waals surface area contributed by atoms with E-state index in [-0.39, 0.29) is 11.6 Å². The molecule has 2 aliphatic heterocycles. The van der Waals surface area contributed by atoms with Crippen LogP contribution in [-0.4, -0.2) is 42.6 Å². The largest absolute Gasteiger partial charge is 0.477 e. The molecule has 8 nitrogen and oxygen atoms in total. The summed E-state index contributed by atoms with van der Waals surface area (Å²) in [4.78, 5) is 43.8. The van der Waals surface area contributed by atoms with E-state index < -0.39 is 27.5 Å². The Morgan fingerprint density at radius 2 is 2.22 bits per heavy atom. The van der Waals surface area contributed by atoms with E-state index in [1.165, 1.54) is 45.2 Å². The van der Waals surface area contributed by atoms with Gasteiger partial charge in [0.2, 0.25) is 5.88 Å². The number of aromatic nitrogens is 2. The second kappa shape index (κ2) is 5.58. The topological polar surface area (TPSA) is 101 Å². The average molecular weight is 470 g/mol. The summed E-state index contributed by atoms with van der Waals surface area (Å²) in [5, 5.41) is 10.2. The molecule has 0 saturated carbocycles. The molecule has 27 heavy (non-hydrogen) atoms. The molecule has 4 heterocycles. The van der Waals surface area contributed by atoms with Crippen LogP contribution in [0.5, 0.6) is 5.88 Å². The van der Waals surface area contributed by atoms with Crippen molar-refractivity contribution in [2.24, 2.45) is 0 Å². The maximum Gasteiger partial charge on any atom is 0.353 e. The van der Waals surface area contributed by atoms with Crippen molar-refractivity contribution in [2.45, 2.75) is 35.9 Å². The Morgan fingerprint density at radius 1 is 1.44 bits per heavy atom. The molecular weight excluding hydrogens is 458 g/mol. The van der Waals surface area contributed by atoms with Crippen LogP contribution in [-0.2, 0) is 31.5 Å². The second-order valence-corrected chi connectivity index (χ2v) is 9.75. The van der Waals surface area contributed by atoms with Crippen molar-refractivity contribution in [1.82, 2.24) is 14.3 Å². The van der Waals surface area contributed by atoms with Crippen molar-refractivity contribution < 1.29 is 24.2 Å². The van der Waals surface area contributed by atoms with Crippen LogP contribution in [0.25, 0.3) is 4.96 Å². The number of halogens is 1. The molecule has 1 amide bonds. The van der Waals surface area contributed by atoms with Crippen molar-refractivity contribution in [3.63, 3.8) is 0 Å². The lowest BCUT2D eigenvalue weighted by Gasteiger charge is -2.47. The number of hydrogen-bond acceptors (Lipinski definition) is 7. The van der Waals surface area contributed by atoms with E-state index in [1.807, 2.05) is 4.40 Å². The Kier molecular flexibility index (Phi) is 3.57. The molecule has 3 aliphatic rings. The monoisotopic (exact) mass is 469 g/mol. The number of β-lactam (4-membered cyclic amide) rings is 1. The van der Waals surface area contributed by atoms with Crippen molar-refractivity contribution in [3.05, 3.63) is 27.4 Å². The molecule has 2 aromatic rings. The maximum atomic E-state index is 12.9. The predicted octanol–water partition coefficient (Wildman–Crippen LogP) is 2.24. The molecule has 2 atom stereocenters. The SMILES string of the molecule is CC(=O)Oc1c(C2(Br)C(=O)N3C(C(=O)O)=CS[C@@H]32)nc2sc3c(n12)CCC3. The van der Waals surface area contributed by atoms with Gasteiger partial charge in [-0.3, -0.25) is 18.9 Å². The van der Waals surface area contributed by atoms with Gasteiger partial charge in [-0.1, -0.05) is 15.9 Å². The van der Waals surface area contributed by atoms with Crippen LogP contribution in [0, 0.1) is 0 Å². The number of hydrogen-bond donors (Lipinski definition) is 1. The lowest BCUT2D eigenvalue weighted by molar-refractivity contribution is -0.149. The fraction of sp³-hybridized carbons (Fsp3) is 0.375. The van der Waals surface area contributed by atoms with Crippen LogP contribution in [0.4, 0.5) is 0 Å². The van der Waals surface area contributed by atoms with Gasteiger partial charge < -0.3 is 9.84 Å². The van der Waals surface area contributed by atoms with E-state index in [0.29, 0.717) is 10.7 Å². The highest BCUT2D eigenvalue weighted by molar-refractivity contribution is 9.10. The highest BCUT2D eigenvalue weighted by Crippen LogP contribution is 2.59. The highest BCUT2D eigenvalue weighted by Gasteiger charge is 2.67.